The summed E-state index contributed by atoms with van der Waals surface area (Å²) in [5, 5.41) is 5.24. The van der Waals surface area contributed by atoms with Crippen molar-refractivity contribution in [1.29, 1.82) is 0 Å². The predicted octanol–water partition coefficient (Wildman–Crippen LogP) is 0.937. The van der Waals surface area contributed by atoms with Crippen LogP contribution < -0.4 is 10.6 Å². The molecule has 18 heavy (non-hydrogen) atoms. The van der Waals surface area contributed by atoms with Crippen molar-refractivity contribution in [2.45, 2.75) is 34.1 Å². The van der Waals surface area contributed by atoms with Crippen LogP contribution in [0.5, 0.6) is 0 Å². The van der Waals surface area contributed by atoms with E-state index in [4.69, 9.17) is 4.74 Å². The van der Waals surface area contributed by atoms with Gasteiger partial charge in [-0.15, -0.1) is 0 Å². The maximum absolute atomic E-state index is 11.3. The number of hydrogen-bond donors (Lipinski definition) is 2. The van der Waals surface area contributed by atoms with Gasteiger partial charge in [0.2, 0.25) is 11.8 Å². The molecule has 0 aliphatic heterocycles. The molecular weight excluding hydrogens is 232 g/mol. The molecule has 106 valence electrons. The lowest BCUT2D eigenvalue weighted by Crippen LogP contribution is -2.39. The molecule has 0 heterocycles. The summed E-state index contributed by atoms with van der Waals surface area (Å²) in [7, 11) is 0. The molecule has 2 amide bonds. The van der Waals surface area contributed by atoms with Crippen molar-refractivity contribution in [1.82, 2.24) is 10.6 Å². The molecule has 0 fully saturated rings. The molecular formula is C13H26N2O3. The second-order valence-electron chi connectivity index (χ2n) is 5.02. The van der Waals surface area contributed by atoms with E-state index in [0.717, 1.165) is 13.0 Å². The highest BCUT2D eigenvalue weighted by Gasteiger charge is 2.08. The Morgan fingerprint density at radius 2 is 1.72 bits per heavy atom. The molecule has 0 radical (unpaired) electrons. The fraction of sp³-hybridized carbons (Fsp3) is 0.846. The standard InChI is InChI=1S/C13H26N2O3/c1-10(2)5-7-18-8-6-14-12(16)9-15-13(17)11(3)4/h10-11H,5-9H2,1-4H3,(H,14,16)(H,15,17). The fourth-order valence-corrected chi connectivity index (χ4v) is 1.12. The maximum Gasteiger partial charge on any atom is 0.239 e. The second-order valence-corrected chi connectivity index (χ2v) is 5.02. The van der Waals surface area contributed by atoms with E-state index in [0.29, 0.717) is 19.1 Å². The maximum atomic E-state index is 11.3. The van der Waals surface area contributed by atoms with Crippen LogP contribution >= 0.6 is 0 Å². The van der Waals surface area contributed by atoms with Crippen molar-refractivity contribution >= 4 is 11.8 Å². The summed E-state index contributed by atoms with van der Waals surface area (Å²) in [6, 6.07) is 0. The highest BCUT2D eigenvalue weighted by atomic mass is 16.5. The number of rotatable bonds is 9. The number of carbonyl (C=O) groups is 2. The van der Waals surface area contributed by atoms with Gasteiger partial charge in [0.1, 0.15) is 0 Å². The summed E-state index contributed by atoms with van der Waals surface area (Å²) in [4.78, 5) is 22.5. The monoisotopic (exact) mass is 258 g/mol. The van der Waals surface area contributed by atoms with E-state index in [-0.39, 0.29) is 24.3 Å². The third-order valence-electron chi connectivity index (χ3n) is 2.36. The Hall–Kier alpha value is -1.10. The normalized spacial score (nSPS) is 10.8. The van der Waals surface area contributed by atoms with Crippen molar-refractivity contribution in [3.8, 4) is 0 Å². The van der Waals surface area contributed by atoms with Crippen LogP contribution in [0.4, 0.5) is 0 Å². The van der Waals surface area contributed by atoms with Crippen molar-refractivity contribution in [2.75, 3.05) is 26.3 Å². The summed E-state index contributed by atoms with van der Waals surface area (Å²) >= 11 is 0. The van der Waals surface area contributed by atoms with Gasteiger partial charge in [0, 0.05) is 19.1 Å². The summed E-state index contributed by atoms with van der Waals surface area (Å²) in [5.41, 5.74) is 0. The zero-order chi connectivity index (χ0) is 14.0. The van der Waals surface area contributed by atoms with Crippen LogP contribution in [0.3, 0.4) is 0 Å². The van der Waals surface area contributed by atoms with E-state index in [1.165, 1.54) is 0 Å². The van der Waals surface area contributed by atoms with Gasteiger partial charge in [-0.3, -0.25) is 9.59 Å². The van der Waals surface area contributed by atoms with Crippen LogP contribution in [0, 0.1) is 11.8 Å². The van der Waals surface area contributed by atoms with E-state index in [9.17, 15) is 9.59 Å². The van der Waals surface area contributed by atoms with Gasteiger partial charge in [-0.25, -0.2) is 0 Å². The van der Waals surface area contributed by atoms with Gasteiger partial charge >= 0.3 is 0 Å². The van der Waals surface area contributed by atoms with Crippen LogP contribution in [-0.4, -0.2) is 38.1 Å². The third kappa shape index (κ3) is 10.1. The summed E-state index contributed by atoms with van der Waals surface area (Å²) in [5.74, 6) is 0.234. The Balaban J connectivity index is 3.40. The Morgan fingerprint density at radius 1 is 1.06 bits per heavy atom. The highest BCUT2D eigenvalue weighted by molar-refractivity contribution is 5.85. The first kappa shape index (κ1) is 16.9. The van der Waals surface area contributed by atoms with Crippen molar-refractivity contribution in [2.24, 2.45) is 11.8 Å². The van der Waals surface area contributed by atoms with Crippen LogP contribution in [-0.2, 0) is 14.3 Å². The minimum Gasteiger partial charge on any atom is -0.380 e. The van der Waals surface area contributed by atoms with Crippen molar-refractivity contribution < 1.29 is 14.3 Å². The van der Waals surface area contributed by atoms with Crippen LogP contribution in [0.25, 0.3) is 0 Å². The van der Waals surface area contributed by atoms with Gasteiger partial charge in [-0.1, -0.05) is 27.7 Å². The molecule has 0 spiro atoms. The average Bonchev–Trinajstić information content (AvgIpc) is 2.29. The molecule has 0 aliphatic rings. The van der Waals surface area contributed by atoms with Crippen LogP contribution in [0.15, 0.2) is 0 Å². The Labute approximate surface area is 110 Å². The van der Waals surface area contributed by atoms with Crippen molar-refractivity contribution in [3.05, 3.63) is 0 Å². The number of hydrogen-bond acceptors (Lipinski definition) is 3. The average molecular weight is 258 g/mol. The first-order valence-electron chi connectivity index (χ1n) is 6.55. The lowest BCUT2D eigenvalue weighted by atomic mass is 10.1. The number of carbonyl (C=O) groups excluding carboxylic acids is 2. The van der Waals surface area contributed by atoms with Gasteiger partial charge in [0.25, 0.3) is 0 Å². The Kier molecular flexibility index (Phi) is 9.28. The molecule has 0 saturated heterocycles. The van der Waals surface area contributed by atoms with E-state index in [1.54, 1.807) is 13.8 Å². The first-order chi connectivity index (χ1) is 8.43. The molecule has 2 N–H and O–H groups in total. The first-order valence-corrected chi connectivity index (χ1v) is 6.55. The lowest BCUT2D eigenvalue weighted by molar-refractivity contribution is -0.127. The quantitative estimate of drug-likeness (QED) is 0.605. The number of nitrogens with one attached hydrogen (secondary N) is 2. The minimum atomic E-state index is -0.184. The topological polar surface area (TPSA) is 67.4 Å². The van der Waals surface area contributed by atoms with Crippen molar-refractivity contribution in [3.63, 3.8) is 0 Å². The van der Waals surface area contributed by atoms with Gasteiger partial charge < -0.3 is 15.4 Å². The zero-order valence-corrected chi connectivity index (χ0v) is 11.9. The molecule has 0 aromatic heterocycles. The third-order valence-corrected chi connectivity index (χ3v) is 2.36. The fourth-order valence-electron chi connectivity index (χ4n) is 1.12. The molecule has 0 aliphatic carbocycles. The molecule has 0 saturated carbocycles. The highest BCUT2D eigenvalue weighted by Crippen LogP contribution is 1.98. The predicted molar refractivity (Wildman–Crippen MR) is 71.1 cm³/mol. The van der Waals surface area contributed by atoms with Gasteiger partial charge in [0.15, 0.2) is 0 Å². The van der Waals surface area contributed by atoms with Gasteiger partial charge in [-0.05, 0) is 12.3 Å². The van der Waals surface area contributed by atoms with E-state index >= 15 is 0 Å². The second kappa shape index (κ2) is 9.88. The Morgan fingerprint density at radius 3 is 2.28 bits per heavy atom. The molecule has 5 heteroatoms. The summed E-state index contributed by atoms with van der Waals surface area (Å²) < 4.78 is 5.36. The number of amides is 2. The molecule has 5 nitrogen and oxygen atoms in total. The summed E-state index contributed by atoms with van der Waals surface area (Å²) in [6.45, 7) is 9.60. The SMILES string of the molecule is CC(C)CCOCCNC(=O)CNC(=O)C(C)C. The van der Waals surface area contributed by atoms with Gasteiger partial charge in [0.05, 0.1) is 13.2 Å². The molecule has 0 unspecified atom stereocenters. The summed E-state index contributed by atoms with van der Waals surface area (Å²) in [6.07, 6.45) is 1.03. The van der Waals surface area contributed by atoms with E-state index in [2.05, 4.69) is 24.5 Å². The lowest BCUT2D eigenvalue weighted by Gasteiger charge is -2.09. The van der Waals surface area contributed by atoms with Gasteiger partial charge in [-0.2, -0.15) is 0 Å². The Bertz CT molecular complexity index is 253. The molecule has 0 rings (SSSR count). The largest absolute Gasteiger partial charge is 0.380 e. The molecule has 0 aromatic rings. The van der Waals surface area contributed by atoms with E-state index in [1.807, 2.05) is 0 Å². The molecule has 0 bridgehead atoms. The minimum absolute atomic E-state index is 0.0308. The smallest absolute Gasteiger partial charge is 0.239 e. The molecule has 0 atom stereocenters. The number of ether oxygens (including phenoxy) is 1. The van der Waals surface area contributed by atoms with E-state index < -0.39 is 0 Å². The van der Waals surface area contributed by atoms with Crippen LogP contribution in [0.2, 0.25) is 0 Å². The zero-order valence-electron chi connectivity index (χ0n) is 11.9. The van der Waals surface area contributed by atoms with Crippen LogP contribution in [0.1, 0.15) is 34.1 Å². The molecule has 0 aromatic carbocycles.